The highest BCUT2D eigenvalue weighted by molar-refractivity contribution is 14.0. The van der Waals surface area contributed by atoms with Gasteiger partial charge in [-0.2, -0.15) is 11.8 Å². The van der Waals surface area contributed by atoms with Gasteiger partial charge < -0.3 is 15.5 Å². The van der Waals surface area contributed by atoms with Gasteiger partial charge in [0.15, 0.2) is 5.96 Å². The maximum Gasteiger partial charge on any atom is 0.215 e. The van der Waals surface area contributed by atoms with Gasteiger partial charge >= 0.3 is 0 Å². The molecule has 2 saturated heterocycles. The molecule has 1 aliphatic carbocycles. The molecule has 3 aliphatic rings. The first kappa shape index (κ1) is 24.5. The Morgan fingerprint density at radius 3 is 2.32 bits per heavy atom. The van der Waals surface area contributed by atoms with Crippen LogP contribution in [-0.2, 0) is 10.0 Å². The normalized spacial score (nSPS) is 24.1. The molecule has 2 aliphatic heterocycles. The fourth-order valence-corrected chi connectivity index (χ4v) is 6.81. The molecule has 2 heterocycles. The molecule has 1 saturated carbocycles. The number of nitrogens with one attached hydrogen (secondary N) is 2. The Balaban J connectivity index is 0.00000280. The second kappa shape index (κ2) is 12.2. The molecule has 0 atom stereocenters. The zero-order valence-electron chi connectivity index (χ0n) is 16.9. The van der Waals surface area contributed by atoms with Gasteiger partial charge in [-0.05, 0) is 25.7 Å². The summed E-state index contributed by atoms with van der Waals surface area (Å²) in [7, 11) is -1.42. The third kappa shape index (κ3) is 7.17. The van der Waals surface area contributed by atoms with Crippen molar-refractivity contribution in [2.24, 2.45) is 4.99 Å². The second-order valence-corrected chi connectivity index (χ2v) is 11.0. The lowest BCUT2D eigenvalue weighted by molar-refractivity contribution is 0.150. The average Bonchev–Trinajstić information content (AvgIpc) is 3.23. The third-order valence-corrected chi connectivity index (χ3v) is 8.77. The van der Waals surface area contributed by atoms with Gasteiger partial charge in [-0.1, -0.05) is 12.8 Å². The van der Waals surface area contributed by atoms with E-state index < -0.39 is 10.0 Å². The predicted molar refractivity (Wildman–Crippen MR) is 129 cm³/mol. The smallest absolute Gasteiger partial charge is 0.215 e. The second-order valence-electron chi connectivity index (χ2n) is 7.72. The summed E-state index contributed by atoms with van der Waals surface area (Å²) in [6.07, 6.45) is 7.76. The number of halogens is 1. The van der Waals surface area contributed by atoms with E-state index in [1.165, 1.54) is 25.7 Å². The maximum absolute atomic E-state index is 12.4. The maximum atomic E-state index is 12.4. The van der Waals surface area contributed by atoms with E-state index in [0.29, 0.717) is 25.7 Å². The number of likely N-dealkylation sites (tertiary alicyclic amines) is 1. The Morgan fingerprint density at radius 1 is 1.07 bits per heavy atom. The van der Waals surface area contributed by atoms with Crippen molar-refractivity contribution >= 4 is 51.7 Å². The molecule has 0 bridgehead atoms. The van der Waals surface area contributed by atoms with E-state index in [-0.39, 0.29) is 29.7 Å². The van der Waals surface area contributed by atoms with Crippen LogP contribution in [0, 0.1) is 0 Å². The monoisotopic (exact) mass is 545 g/mol. The van der Waals surface area contributed by atoms with Gasteiger partial charge in [0.25, 0.3) is 0 Å². The van der Waals surface area contributed by atoms with Gasteiger partial charge in [0.1, 0.15) is 0 Å². The number of rotatable bonds is 6. The number of hydrogen-bond acceptors (Lipinski definition) is 5. The highest BCUT2D eigenvalue weighted by atomic mass is 127. The summed E-state index contributed by atoms with van der Waals surface area (Å²) in [5.74, 6) is 2.64. The lowest BCUT2D eigenvalue weighted by atomic mass is 10.0. The number of hydrogen-bond donors (Lipinski definition) is 2. The number of nitrogens with zero attached hydrogens (tertiary/aromatic N) is 3. The molecule has 0 amide bonds. The number of piperidine rings is 1. The fraction of sp³-hybridized carbons (Fsp3) is 0.944. The summed E-state index contributed by atoms with van der Waals surface area (Å²) in [4.78, 5) is 6.94. The molecule has 164 valence electrons. The predicted octanol–water partition coefficient (Wildman–Crippen LogP) is 1.56. The minimum absolute atomic E-state index is 0. The van der Waals surface area contributed by atoms with E-state index in [2.05, 4.69) is 20.5 Å². The van der Waals surface area contributed by atoms with Crippen LogP contribution in [0.2, 0.25) is 0 Å². The first-order valence-electron chi connectivity index (χ1n) is 10.4. The average molecular weight is 546 g/mol. The summed E-state index contributed by atoms with van der Waals surface area (Å²) in [6, 6.07) is 1.23. The SMILES string of the molecule is CN=C(NCCS(=O)(=O)N1CCSCC1)NC1CCN(C2CCCC2)CC1.I. The Kier molecular flexibility index (Phi) is 10.6. The molecule has 0 aromatic rings. The van der Waals surface area contributed by atoms with Crippen molar-refractivity contribution in [3.8, 4) is 0 Å². The van der Waals surface area contributed by atoms with Crippen LogP contribution in [0.4, 0.5) is 0 Å². The fourth-order valence-electron chi connectivity index (χ4n) is 4.32. The topological polar surface area (TPSA) is 77.0 Å². The molecule has 0 spiro atoms. The molecule has 10 heteroatoms. The summed E-state index contributed by atoms with van der Waals surface area (Å²) in [5.41, 5.74) is 0. The van der Waals surface area contributed by atoms with Crippen molar-refractivity contribution in [2.45, 2.75) is 50.6 Å². The zero-order chi connectivity index (χ0) is 19.1. The van der Waals surface area contributed by atoms with Crippen molar-refractivity contribution in [1.29, 1.82) is 0 Å². The van der Waals surface area contributed by atoms with E-state index in [1.54, 1.807) is 11.4 Å². The van der Waals surface area contributed by atoms with E-state index in [1.807, 2.05) is 11.8 Å². The van der Waals surface area contributed by atoms with Crippen LogP contribution in [0.1, 0.15) is 38.5 Å². The highest BCUT2D eigenvalue weighted by Gasteiger charge is 2.27. The van der Waals surface area contributed by atoms with Gasteiger partial charge in [-0.25, -0.2) is 12.7 Å². The first-order chi connectivity index (χ1) is 13.1. The van der Waals surface area contributed by atoms with Crippen LogP contribution in [0.25, 0.3) is 0 Å². The minimum atomic E-state index is -3.17. The number of aliphatic imine (C=N–C) groups is 1. The van der Waals surface area contributed by atoms with E-state index >= 15 is 0 Å². The third-order valence-electron chi connectivity index (χ3n) is 5.95. The van der Waals surface area contributed by atoms with Crippen molar-refractivity contribution in [2.75, 3.05) is 57.0 Å². The lowest BCUT2D eigenvalue weighted by Gasteiger charge is -2.36. The van der Waals surface area contributed by atoms with Crippen LogP contribution in [0.3, 0.4) is 0 Å². The van der Waals surface area contributed by atoms with Crippen molar-refractivity contribution in [3.63, 3.8) is 0 Å². The number of thioether (sulfide) groups is 1. The standard InChI is InChI=1S/C18H35N5O2S2.HI/c1-19-18(20-8-15-27(24,25)23-11-13-26-14-12-23)21-16-6-9-22(10-7-16)17-4-2-3-5-17;/h16-17H,2-15H2,1H3,(H2,19,20,21);1H. The molecule has 0 aromatic carbocycles. The summed E-state index contributed by atoms with van der Waals surface area (Å²) in [6.45, 7) is 3.98. The zero-order valence-corrected chi connectivity index (χ0v) is 20.9. The summed E-state index contributed by atoms with van der Waals surface area (Å²) >= 11 is 1.82. The molecule has 0 unspecified atom stereocenters. The summed E-state index contributed by atoms with van der Waals surface area (Å²) < 4.78 is 26.5. The van der Waals surface area contributed by atoms with Crippen LogP contribution < -0.4 is 10.6 Å². The van der Waals surface area contributed by atoms with Gasteiger partial charge in [0.2, 0.25) is 10.0 Å². The minimum Gasteiger partial charge on any atom is -0.355 e. The molecule has 2 N–H and O–H groups in total. The first-order valence-corrected chi connectivity index (χ1v) is 13.1. The molecule has 28 heavy (non-hydrogen) atoms. The largest absolute Gasteiger partial charge is 0.355 e. The molecular weight excluding hydrogens is 509 g/mol. The van der Waals surface area contributed by atoms with Crippen molar-refractivity contribution < 1.29 is 8.42 Å². The molecule has 0 aromatic heterocycles. The highest BCUT2D eigenvalue weighted by Crippen LogP contribution is 2.26. The van der Waals surface area contributed by atoms with Crippen LogP contribution in [0.5, 0.6) is 0 Å². The Morgan fingerprint density at radius 2 is 1.71 bits per heavy atom. The van der Waals surface area contributed by atoms with E-state index in [9.17, 15) is 8.42 Å². The molecule has 7 nitrogen and oxygen atoms in total. The van der Waals surface area contributed by atoms with Crippen molar-refractivity contribution in [1.82, 2.24) is 19.8 Å². The Hall–Kier alpha value is 0.220. The van der Waals surface area contributed by atoms with E-state index in [4.69, 9.17) is 0 Å². The molecule has 0 radical (unpaired) electrons. The molecular formula is C18H36IN5O2S2. The van der Waals surface area contributed by atoms with Crippen LogP contribution >= 0.6 is 35.7 Å². The van der Waals surface area contributed by atoms with Gasteiger partial charge in [-0.3, -0.25) is 4.99 Å². The number of sulfonamides is 1. The quantitative estimate of drug-likeness (QED) is 0.300. The molecule has 3 rings (SSSR count). The van der Waals surface area contributed by atoms with E-state index in [0.717, 1.165) is 49.4 Å². The summed E-state index contributed by atoms with van der Waals surface area (Å²) in [5, 5.41) is 6.68. The van der Waals surface area contributed by atoms with Crippen LogP contribution in [0.15, 0.2) is 4.99 Å². The molecule has 3 fully saturated rings. The lowest BCUT2D eigenvalue weighted by Crippen LogP contribution is -2.51. The van der Waals surface area contributed by atoms with Crippen LogP contribution in [-0.4, -0.2) is 92.7 Å². The van der Waals surface area contributed by atoms with Gasteiger partial charge in [0, 0.05) is 63.4 Å². The number of guanidine groups is 1. The Labute approximate surface area is 191 Å². The van der Waals surface area contributed by atoms with Gasteiger partial charge in [-0.15, -0.1) is 24.0 Å². The van der Waals surface area contributed by atoms with Gasteiger partial charge in [0.05, 0.1) is 5.75 Å². The Bertz CT molecular complexity index is 585. The van der Waals surface area contributed by atoms with Crippen molar-refractivity contribution in [3.05, 3.63) is 0 Å².